The number of hydrogen-bond donors (Lipinski definition) is 3. The molecule has 1 fully saturated rings. The van der Waals surface area contributed by atoms with Gasteiger partial charge in [0.25, 0.3) is 0 Å². The summed E-state index contributed by atoms with van der Waals surface area (Å²) in [6.45, 7) is 2.69. The summed E-state index contributed by atoms with van der Waals surface area (Å²) in [7, 11) is -2.02. The van der Waals surface area contributed by atoms with Gasteiger partial charge in [0.2, 0.25) is 10.0 Å². The zero-order valence-electron chi connectivity index (χ0n) is 18.2. The first-order valence-electron chi connectivity index (χ1n) is 10.8. The Labute approximate surface area is 192 Å². The van der Waals surface area contributed by atoms with Crippen LogP contribution in [0.1, 0.15) is 24.0 Å². The summed E-state index contributed by atoms with van der Waals surface area (Å²) in [6.07, 6.45) is -0.105. The van der Waals surface area contributed by atoms with Crippen molar-refractivity contribution in [2.24, 2.45) is 0 Å². The molecule has 174 valence electrons. The van der Waals surface area contributed by atoms with E-state index in [1.54, 1.807) is 35.7 Å². The largest absolute Gasteiger partial charge is 0.497 e. The molecule has 2 aliphatic rings. The van der Waals surface area contributed by atoms with Gasteiger partial charge >= 0.3 is 0 Å². The van der Waals surface area contributed by atoms with Crippen LogP contribution in [-0.2, 0) is 16.6 Å². The van der Waals surface area contributed by atoms with Gasteiger partial charge in [-0.1, -0.05) is 12.1 Å². The third-order valence-corrected chi connectivity index (χ3v) is 7.95. The second kappa shape index (κ2) is 8.84. The van der Waals surface area contributed by atoms with Crippen molar-refractivity contribution in [1.82, 2.24) is 24.6 Å². The number of hydrogen-bond acceptors (Lipinski definition) is 9. The minimum Gasteiger partial charge on any atom is -0.497 e. The Morgan fingerprint density at radius 2 is 1.91 bits per heavy atom. The maximum Gasteiger partial charge on any atom is 0.243 e. The van der Waals surface area contributed by atoms with Crippen LogP contribution in [0.15, 0.2) is 47.4 Å². The number of nitrogens with zero attached hydrogens (tertiary/aromatic N) is 4. The number of ether oxygens (including phenoxy) is 1. The molecule has 1 aromatic heterocycles. The zero-order chi connectivity index (χ0) is 23.0. The highest BCUT2D eigenvalue weighted by Crippen LogP contribution is 2.31. The van der Waals surface area contributed by atoms with Crippen LogP contribution < -0.4 is 15.6 Å². The number of methoxy groups -OCH3 is 1. The third-order valence-electron chi connectivity index (χ3n) is 6.03. The number of rotatable bonds is 5. The van der Waals surface area contributed by atoms with Gasteiger partial charge in [-0.05, 0) is 43.3 Å². The van der Waals surface area contributed by atoms with Crippen molar-refractivity contribution >= 4 is 26.7 Å². The third kappa shape index (κ3) is 4.25. The first kappa shape index (κ1) is 22.0. The molecule has 1 saturated heterocycles. The topological polar surface area (TPSA) is 120 Å². The van der Waals surface area contributed by atoms with Crippen molar-refractivity contribution in [2.45, 2.75) is 24.1 Å². The Kier molecular flexibility index (Phi) is 5.89. The summed E-state index contributed by atoms with van der Waals surface area (Å²) < 4.78 is 32.9. The number of sulfonamides is 1. The molecule has 1 atom stereocenters. The van der Waals surface area contributed by atoms with Crippen LogP contribution in [0, 0.1) is 0 Å². The van der Waals surface area contributed by atoms with Crippen molar-refractivity contribution in [3.63, 3.8) is 0 Å². The fraction of sp³-hybridized carbons (Fsp3) is 0.364. The summed E-state index contributed by atoms with van der Waals surface area (Å²) in [5, 5.41) is 10.9. The lowest BCUT2D eigenvalue weighted by Gasteiger charge is -2.25. The summed E-state index contributed by atoms with van der Waals surface area (Å²) in [5.41, 5.74) is 7.26. The molecule has 2 aliphatic heterocycles. The summed E-state index contributed by atoms with van der Waals surface area (Å²) in [4.78, 5) is 11.8. The van der Waals surface area contributed by atoms with Gasteiger partial charge in [-0.25, -0.2) is 23.8 Å². The molecule has 2 aromatic carbocycles. The van der Waals surface area contributed by atoms with Crippen molar-refractivity contribution in [1.29, 1.82) is 0 Å². The summed E-state index contributed by atoms with van der Waals surface area (Å²) in [6, 6.07) is 12.1. The molecule has 3 aromatic rings. The van der Waals surface area contributed by atoms with Gasteiger partial charge in [-0.3, -0.25) is 4.90 Å². The molecule has 0 amide bonds. The molecule has 3 heterocycles. The van der Waals surface area contributed by atoms with Crippen molar-refractivity contribution in [3.8, 4) is 5.75 Å². The van der Waals surface area contributed by atoms with E-state index < -0.39 is 16.3 Å². The number of aliphatic hydroxyl groups is 1. The SMILES string of the molecule is COc1ccc(S(=O)(=O)N2CCCN(Cc3nc4c5c(cccc5n3)C(O)NN4)CC2)cc1. The van der Waals surface area contributed by atoms with Crippen LogP contribution in [-0.4, -0.2) is 66.0 Å². The van der Waals surface area contributed by atoms with Gasteiger partial charge < -0.3 is 15.3 Å². The first-order chi connectivity index (χ1) is 16.0. The normalized spacial score (nSPS) is 19.8. The van der Waals surface area contributed by atoms with E-state index in [1.807, 2.05) is 18.2 Å². The lowest BCUT2D eigenvalue weighted by molar-refractivity contribution is 0.148. The summed E-state index contributed by atoms with van der Waals surface area (Å²) >= 11 is 0. The second-order valence-corrected chi connectivity index (χ2v) is 10.0. The van der Waals surface area contributed by atoms with E-state index >= 15 is 0 Å². The van der Waals surface area contributed by atoms with Crippen LogP contribution in [0.2, 0.25) is 0 Å². The van der Waals surface area contributed by atoms with Crippen LogP contribution in [0.3, 0.4) is 0 Å². The maximum absolute atomic E-state index is 13.1. The quantitative estimate of drug-likeness (QED) is 0.509. The zero-order valence-corrected chi connectivity index (χ0v) is 19.0. The Balaban J connectivity index is 1.31. The highest BCUT2D eigenvalue weighted by molar-refractivity contribution is 7.89. The number of nitrogens with one attached hydrogen (secondary N) is 2. The van der Waals surface area contributed by atoms with E-state index in [9.17, 15) is 13.5 Å². The fourth-order valence-electron chi connectivity index (χ4n) is 4.30. The molecule has 10 nitrogen and oxygen atoms in total. The van der Waals surface area contributed by atoms with Crippen molar-refractivity contribution in [2.75, 3.05) is 38.7 Å². The molecule has 3 N–H and O–H groups in total. The van der Waals surface area contributed by atoms with E-state index in [0.717, 1.165) is 23.0 Å². The summed E-state index contributed by atoms with van der Waals surface area (Å²) in [5.74, 6) is 1.90. The minimum atomic E-state index is -3.57. The molecule has 0 bridgehead atoms. The average Bonchev–Trinajstić information content (AvgIpc) is 3.07. The standard InChI is InChI=1S/C22H26N6O4S/c1-32-15-6-8-16(9-7-15)33(30,31)28-11-3-10-27(12-13-28)14-19-23-18-5-2-4-17-20(18)21(24-19)25-26-22(17)29/h2,4-9,22,26,29H,3,10-14H2,1H3,(H,23,24,25). The van der Waals surface area contributed by atoms with Gasteiger partial charge in [0, 0.05) is 25.2 Å². The Morgan fingerprint density at radius 3 is 2.70 bits per heavy atom. The molecule has 0 aliphatic carbocycles. The smallest absolute Gasteiger partial charge is 0.243 e. The highest BCUT2D eigenvalue weighted by atomic mass is 32.2. The molecular formula is C22H26N6O4S. The average molecular weight is 471 g/mol. The molecule has 0 saturated carbocycles. The number of aliphatic hydroxyl groups excluding tert-OH is 1. The molecule has 11 heteroatoms. The lowest BCUT2D eigenvalue weighted by atomic mass is 10.1. The number of aromatic nitrogens is 2. The molecule has 1 unspecified atom stereocenters. The Bertz CT molecular complexity index is 1270. The molecule has 0 radical (unpaired) electrons. The predicted molar refractivity (Wildman–Crippen MR) is 123 cm³/mol. The Hall–Kier alpha value is -2.83. The van der Waals surface area contributed by atoms with E-state index in [0.29, 0.717) is 50.0 Å². The minimum absolute atomic E-state index is 0.269. The van der Waals surface area contributed by atoms with Gasteiger partial charge in [0.15, 0.2) is 5.82 Å². The molecule has 5 rings (SSSR count). The van der Waals surface area contributed by atoms with Crippen molar-refractivity contribution in [3.05, 3.63) is 53.9 Å². The van der Waals surface area contributed by atoms with E-state index in [4.69, 9.17) is 9.72 Å². The van der Waals surface area contributed by atoms with Crippen LogP contribution >= 0.6 is 0 Å². The monoisotopic (exact) mass is 470 g/mol. The number of hydrazine groups is 1. The predicted octanol–water partition coefficient (Wildman–Crippen LogP) is 1.46. The molecule has 0 spiro atoms. The van der Waals surface area contributed by atoms with E-state index in [1.165, 1.54) is 0 Å². The Morgan fingerprint density at radius 1 is 1.09 bits per heavy atom. The number of benzene rings is 2. The van der Waals surface area contributed by atoms with Crippen LogP contribution in [0.5, 0.6) is 5.75 Å². The first-order valence-corrected chi connectivity index (χ1v) is 12.3. The molecule has 33 heavy (non-hydrogen) atoms. The number of anilines is 1. The van der Waals surface area contributed by atoms with Crippen LogP contribution in [0.4, 0.5) is 5.82 Å². The van der Waals surface area contributed by atoms with Gasteiger partial charge in [0.05, 0.1) is 29.5 Å². The molecular weight excluding hydrogens is 444 g/mol. The van der Waals surface area contributed by atoms with E-state index in [-0.39, 0.29) is 4.90 Å². The highest BCUT2D eigenvalue weighted by Gasteiger charge is 2.28. The van der Waals surface area contributed by atoms with Gasteiger partial charge in [0.1, 0.15) is 17.8 Å². The fourth-order valence-corrected chi connectivity index (χ4v) is 5.77. The van der Waals surface area contributed by atoms with E-state index in [2.05, 4.69) is 20.7 Å². The van der Waals surface area contributed by atoms with Crippen LogP contribution in [0.25, 0.3) is 10.9 Å². The lowest BCUT2D eigenvalue weighted by Crippen LogP contribution is -2.35. The van der Waals surface area contributed by atoms with Gasteiger partial charge in [-0.15, -0.1) is 0 Å². The van der Waals surface area contributed by atoms with Crippen molar-refractivity contribution < 1.29 is 18.3 Å². The second-order valence-electron chi connectivity index (χ2n) is 8.11. The van der Waals surface area contributed by atoms with Gasteiger partial charge in [-0.2, -0.15) is 4.31 Å². The maximum atomic E-state index is 13.1.